The van der Waals surface area contributed by atoms with Crippen LogP contribution >= 0.6 is 0 Å². The van der Waals surface area contributed by atoms with E-state index in [0.717, 1.165) is 32.2 Å². The smallest absolute Gasteiger partial charge is 0.257 e. The van der Waals surface area contributed by atoms with Crippen molar-refractivity contribution in [1.29, 1.82) is 0 Å². The average molecular weight is 272 g/mol. The lowest BCUT2D eigenvalue weighted by atomic mass is 9.92. The van der Waals surface area contributed by atoms with Gasteiger partial charge < -0.3 is 10.3 Å². The number of nitrogens with zero attached hydrogens (tertiary/aromatic N) is 1. The molecular formula is C11H20N4O2S. The van der Waals surface area contributed by atoms with E-state index in [9.17, 15) is 8.42 Å². The summed E-state index contributed by atoms with van der Waals surface area (Å²) in [6.45, 7) is 3.06. The second-order valence-corrected chi connectivity index (χ2v) is 6.33. The maximum atomic E-state index is 12.0. The first kappa shape index (κ1) is 13.5. The first-order valence-corrected chi connectivity index (χ1v) is 7.84. The zero-order valence-electron chi connectivity index (χ0n) is 10.5. The summed E-state index contributed by atoms with van der Waals surface area (Å²) in [5.74, 6) is 0. The van der Waals surface area contributed by atoms with Gasteiger partial charge in [-0.05, 0) is 32.2 Å². The number of hydrogen-bond acceptors (Lipinski definition) is 4. The molecule has 0 aliphatic heterocycles. The fourth-order valence-electron chi connectivity index (χ4n) is 2.38. The Labute approximate surface area is 108 Å². The number of H-pyrrole nitrogens is 1. The van der Waals surface area contributed by atoms with Crippen LogP contribution in [0.1, 0.15) is 32.6 Å². The van der Waals surface area contributed by atoms with Crippen molar-refractivity contribution in [1.82, 2.24) is 20.0 Å². The third-order valence-corrected chi connectivity index (χ3v) is 4.75. The lowest BCUT2D eigenvalue weighted by molar-refractivity contribution is 0.333. The van der Waals surface area contributed by atoms with Gasteiger partial charge in [-0.2, -0.15) is 0 Å². The quantitative estimate of drug-likeness (QED) is 0.733. The Bertz CT molecular complexity index is 449. The number of aromatic nitrogens is 2. The molecule has 3 N–H and O–H groups in total. The van der Waals surface area contributed by atoms with Gasteiger partial charge in [-0.3, -0.25) is 0 Å². The molecule has 1 saturated carbocycles. The molecule has 2 rings (SSSR count). The molecule has 6 nitrogen and oxygen atoms in total. The van der Waals surface area contributed by atoms with Crippen LogP contribution < -0.4 is 10.0 Å². The van der Waals surface area contributed by atoms with E-state index in [1.165, 1.54) is 12.5 Å². The maximum Gasteiger partial charge on any atom is 0.257 e. The molecule has 0 saturated heterocycles. The Morgan fingerprint density at radius 1 is 1.33 bits per heavy atom. The third-order valence-electron chi connectivity index (χ3n) is 3.30. The predicted octanol–water partition coefficient (Wildman–Crippen LogP) is 0.609. The molecule has 0 aromatic carbocycles. The molecule has 1 heterocycles. The molecule has 1 aromatic rings. The molecule has 0 spiro atoms. The van der Waals surface area contributed by atoms with Gasteiger partial charge in [-0.25, -0.2) is 18.1 Å². The zero-order chi connectivity index (χ0) is 13.0. The van der Waals surface area contributed by atoms with Gasteiger partial charge in [0, 0.05) is 12.1 Å². The molecule has 0 radical (unpaired) electrons. The van der Waals surface area contributed by atoms with Crippen LogP contribution in [0.5, 0.6) is 0 Å². The van der Waals surface area contributed by atoms with Crippen molar-refractivity contribution in [3.05, 3.63) is 12.5 Å². The predicted molar refractivity (Wildman–Crippen MR) is 68.6 cm³/mol. The molecular weight excluding hydrogens is 252 g/mol. The summed E-state index contributed by atoms with van der Waals surface area (Å²) in [5.41, 5.74) is 0. The van der Waals surface area contributed by atoms with Crippen molar-refractivity contribution in [2.24, 2.45) is 0 Å². The van der Waals surface area contributed by atoms with Crippen LogP contribution in [0.2, 0.25) is 0 Å². The van der Waals surface area contributed by atoms with Crippen molar-refractivity contribution in [3.63, 3.8) is 0 Å². The van der Waals surface area contributed by atoms with Crippen LogP contribution in [0.4, 0.5) is 0 Å². The molecule has 0 unspecified atom stereocenters. The normalized spacial score (nSPS) is 25.2. The van der Waals surface area contributed by atoms with Gasteiger partial charge in [0.1, 0.15) is 0 Å². The summed E-state index contributed by atoms with van der Waals surface area (Å²) in [4.78, 5) is 6.36. The van der Waals surface area contributed by atoms with Crippen molar-refractivity contribution < 1.29 is 8.42 Å². The standard InChI is InChI=1S/C11H20N4O2S/c1-2-13-9-3-5-10(6-4-9)15-18(16,17)11-7-12-8-14-11/h7-10,13,15H,2-6H2,1H3,(H,12,14). The van der Waals surface area contributed by atoms with E-state index in [1.54, 1.807) is 0 Å². The monoisotopic (exact) mass is 272 g/mol. The van der Waals surface area contributed by atoms with E-state index in [2.05, 4.69) is 26.9 Å². The molecule has 102 valence electrons. The molecule has 0 amide bonds. The van der Waals surface area contributed by atoms with Crippen molar-refractivity contribution in [3.8, 4) is 0 Å². The Morgan fingerprint density at radius 2 is 2.00 bits per heavy atom. The number of nitrogens with one attached hydrogen (secondary N) is 3. The Kier molecular flexibility index (Phi) is 4.36. The Morgan fingerprint density at radius 3 is 2.56 bits per heavy atom. The van der Waals surface area contributed by atoms with E-state index < -0.39 is 10.0 Å². The van der Waals surface area contributed by atoms with Crippen LogP contribution in [-0.4, -0.2) is 37.0 Å². The van der Waals surface area contributed by atoms with Gasteiger partial charge in [0.2, 0.25) is 0 Å². The number of aromatic amines is 1. The topological polar surface area (TPSA) is 86.9 Å². The van der Waals surface area contributed by atoms with E-state index in [-0.39, 0.29) is 11.1 Å². The van der Waals surface area contributed by atoms with Crippen molar-refractivity contribution in [2.75, 3.05) is 6.54 Å². The number of hydrogen-bond donors (Lipinski definition) is 3. The minimum absolute atomic E-state index is 0.0354. The van der Waals surface area contributed by atoms with Gasteiger partial charge in [-0.15, -0.1) is 0 Å². The molecule has 1 fully saturated rings. The molecule has 0 atom stereocenters. The van der Waals surface area contributed by atoms with Gasteiger partial charge in [0.25, 0.3) is 10.0 Å². The van der Waals surface area contributed by atoms with E-state index in [1.807, 2.05) is 0 Å². The highest BCUT2D eigenvalue weighted by molar-refractivity contribution is 7.89. The lowest BCUT2D eigenvalue weighted by Crippen LogP contribution is -2.42. The largest absolute Gasteiger partial charge is 0.335 e. The van der Waals surface area contributed by atoms with Crippen LogP contribution in [0.15, 0.2) is 17.6 Å². The average Bonchev–Trinajstić information content (AvgIpc) is 2.86. The first-order valence-electron chi connectivity index (χ1n) is 6.36. The van der Waals surface area contributed by atoms with E-state index >= 15 is 0 Å². The Hall–Kier alpha value is -0.920. The molecule has 1 aliphatic rings. The van der Waals surface area contributed by atoms with E-state index in [4.69, 9.17) is 0 Å². The highest BCUT2D eigenvalue weighted by Crippen LogP contribution is 2.20. The minimum Gasteiger partial charge on any atom is -0.335 e. The molecule has 0 bridgehead atoms. The second-order valence-electron chi connectivity index (χ2n) is 4.64. The fraction of sp³-hybridized carbons (Fsp3) is 0.727. The van der Waals surface area contributed by atoms with Crippen LogP contribution in [0.3, 0.4) is 0 Å². The minimum atomic E-state index is -3.43. The number of imidazole rings is 1. The third kappa shape index (κ3) is 3.30. The van der Waals surface area contributed by atoms with Gasteiger partial charge in [0.15, 0.2) is 5.03 Å². The maximum absolute atomic E-state index is 12.0. The van der Waals surface area contributed by atoms with Crippen LogP contribution in [-0.2, 0) is 10.0 Å². The summed E-state index contributed by atoms with van der Waals surface area (Å²) >= 11 is 0. The zero-order valence-corrected chi connectivity index (χ0v) is 11.3. The van der Waals surface area contributed by atoms with Gasteiger partial charge in [-0.1, -0.05) is 6.92 Å². The lowest BCUT2D eigenvalue weighted by Gasteiger charge is -2.29. The summed E-state index contributed by atoms with van der Waals surface area (Å²) in [5, 5.41) is 3.54. The SMILES string of the molecule is CCNC1CCC(NS(=O)(=O)c2cnc[nH]2)CC1. The van der Waals surface area contributed by atoms with Crippen LogP contribution in [0, 0.1) is 0 Å². The molecule has 1 aromatic heterocycles. The summed E-state index contributed by atoms with van der Waals surface area (Å²) in [6.07, 6.45) is 6.49. The number of sulfonamides is 1. The second kappa shape index (κ2) is 5.81. The molecule has 7 heteroatoms. The number of rotatable bonds is 5. The summed E-state index contributed by atoms with van der Waals surface area (Å²) in [6, 6.07) is 0.566. The van der Waals surface area contributed by atoms with Gasteiger partial charge >= 0.3 is 0 Å². The molecule has 18 heavy (non-hydrogen) atoms. The Balaban J connectivity index is 1.88. The van der Waals surface area contributed by atoms with E-state index in [0.29, 0.717) is 6.04 Å². The van der Waals surface area contributed by atoms with Crippen molar-refractivity contribution in [2.45, 2.75) is 49.7 Å². The first-order chi connectivity index (χ1) is 8.62. The highest BCUT2D eigenvalue weighted by atomic mass is 32.2. The summed E-state index contributed by atoms with van der Waals surface area (Å²) in [7, 11) is -3.43. The van der Waals surface area contributed by atoms with Crippen molar-refractivity contribution >= 4 is 10.0 Å². The fourth-order valence-corrected chi connectivity index (χ4v) is 3.59. The van der Waals surface area contributed by atoms with Crippen LogP contribution in [0.25, 0.3) is 0 Å². The highest BCUT2D eigenvalue weighted by Gasteiger charge is 2.25. The molecule has 1 aliphatic carbocycles. The van der Waals surface area contributed by atoms with Gasteiger partial charge in [0.05, 0.1) is 12.5 Å². The summed E-state index contributed by atoms with van der Waals surface area (Å²) < 4.78 is 26.7.